The SMILES string of the molecule is C[C@@H]1C[C@H](O)[C@@]2(O)[C@]13CC(=O)OC[C@]2(C)[C@H](C)C(=O)C3. The van der Waals surface area contributed by atoms with Gasteiger partial charge in [-0.1, -0.05) is 20.8 Å². The number of cyclic esters (lactones) is 1. The summed E-state index contributed by atoms with van der Waals surface area (Å²) in [6, 6.07) is 0. The molecule has 0 aromatic rings. The average Bonchev–Trinajstić information content (AvgIpc) is 2.52. The third kappa shape index (κ3) is 1.26. The molecule has 0 unspecified atom stereocenters. The van der Waals surface area contributed by atoms with E-state index in [2.05, 4.69) is 0 Å². The normalized spacial score (nSPS) is 55.1. The highest BCUT2D eigenvalue weighted by atomic mass is 16.5. The van der Waals surface area contributed by atoms with E-state index in [4.69, 9.17) is 4.74 Å². The maximum Gasteiger partial charge on any atom is 0.306 e. The molecule has 3 aliphatic rings. The molecule has 0 aromatic heterocycles. The minimum absolute atomic E-state index is 0.00970. The number of carbonyl (C=O) groups is 2. The summed E-state index contributed by atoms with van der Waals surface area (Å²) in [5, 5.41) is 21.9. The molecule has 3 rings (SSSR count). The Morgan fingerprint density at radius 2 is 1.90 bits per heavy atom. The third-order valence-corrected chi connectivity index (χ3v) is 6.55. The van der Waals surface area contributed by atoms with Crippen molar-refractivity contribution < 1.29 is 24.5 Å². The zero-order valence-corrected chi connectivity index (χ0v) is 12.2. The summed E-state index contributed by atoms with van der Waals surface area (Å²) < 4.78 is 5.27. The van der Waals surface area contributed by atoms with Gasteiger partial charge in [-0.2, -0.15) is 0 Å². The van der Waals surface area contributed by atoms with Gasteiger partial charge in [0, 0.05) is 23.2 Å². The maximum atomic E-state index is 12.4. The lowest BCUT2D eigenvalue weighted by molar-refractivity contribution is -0.235. The molecule has 2 saturated carbocycles. The molecule has 2 aliphatic carbocycles. The molecule has 2 bridgehead atoms. The van der Waals surface area contributed by atoms with Crippen molar-refractivity contribution in [3.63, 3.8) is 0 Å². The topological polar surface area (TPSA) is 83.8 Å². The van der Waals surface area contributed by atoms with Crippen LogP contribution in [0.2, 0.25) is 0 Å². The van der Waals surface area contributed by atoms with E-state index in [1.807, 2.05) is 6.92 Å². The second-order valence-corrected chi connectivity index (χ2v) is 7.19. The molecule has 0 aromatic carbocycles. The largest absolute Gasteiger partial charge is 0.465 e. The number of aliphatic hydroxyl groups is 2. The fraction of sp³-hybridized carbons (Fsp3) is 0.867. The number of ether oxygens (including phenoxy) is 1. The van der Waals surface area contributed by atoms with E-state index in [0.29, 0.717) is 6.42 Å². The monoisotopic (exact) mass is 282 g/mol. The van der Waals surface area contributed by atoms with Crippen LogP contribution in [0.1, 0.15) is 40.0 Å². The Balaban J connectivity index is 2.27. The summed E-state index contributed by atoms with van der Waals surface area (Å²) >= 11 is 0. The molecule has 1 heterocycles. The molecule has 112 valence electrons. The van der Waals surface area contributed by atoms with E-state index in [-0.39, 0.29) is 37.1 Å². The molecule has 5 heteroatoms. The van der Waals surface area contributed by atoms with Gasteiger partial charge in [-0.3, -0.25) is 9.59 Å². The van der Waals surface area contributed by atoms with E-state index in [1.165, 1.54) is 0 Å². The van der Waals surface area contributed by atoms with E-state index in [9.17, 15) is 19.8 Å². The maximum absolute atomic E-state index is 12.4. The van der Waals surface area contributed by atoms with Crippen molar-refractivity contribution in [2.45, 2.75) is 51.7 Å². The molecule has 2 N–H and O–H groups in total. The van der Waals surface area contributed by atoms with Crippen molar-refractivity contribution >= 4 is 11.8 Å². The summed E-state index contributed by atoms with van der Waals surface area (Å²) in [5.41, 5.74) is -3.27. The van der Waals surface area contributed by atoms with Gasteiger partial charge in [0.05, 0.1) is 12.5 Å². The van der Waals surface area contributed by atoms with Gasteiger partial charge in [-0.05, 0) is 12.3 Å². The van der Waals surface area contributed by atoms with Crippen molar-refractivity contribution in [3.8, 4) is 0 Å². The van der Waals surface area contributed by atoms with Crippen LogP contribution in [0.4, 0.5) is 0 Å². The molecule has 5 nitrogen and oxygen atoms in total. The Hall–Kier alpha value is -0.940. The molecule has 3 fully saturated rings. The minimum Gasteiger partial charge on any atom is -0.465 e. The fourth-order valence-corrected chi connectivity index (χ4v) is 4.99. The highest BCUT2D eigenvalue weighted by Gasteiger charge is 2.76. The van der Waals surface area contributed by atoms with Crippen molar-refractivity contribution in [3.05, 3.63) is 0 Å². The molecule has 1 aliphatic heterocycles. The molecule has 6 atom stereocenters. The van der Waals surface area contributed by atoms with Crippen LogP contribution >= 0.6 is 0 Å². The van der Waals surface area contributed by atoms with Crippen LogP contribution in [0, 0.1) is 22.7 Å². The number of hydrogen-bond acceptors (Lipinski definition) is 5. The van der Waals surface area contributed by atoms with Gasteiger partial charge in [0.1, 0.15) is 18.0 Å². The van der Waals surface area contributed by atoms with Gasteiger partial charge >= 0.3 is 5.97 Å². The smallest absolute Gasteiger partial charge is 0.306 e. The Bertz CT molecular complexity index is 489. The quantitative estimate of drug-likeness (QED) is 0.638. The number of ketones is 1. The van der Waals surface area contributed by atoms with Crippen LogP contribution in [-0.2, 0) is 14.3 Å². The van der Waals surface area contributed by atoms with Gasteiger partial charge in [0.2, 0.25) is 0 Å². The van der Waals surface area contributed by atoms with E-state index in [1.54, 1.807) is 13.8 Å². The first-order valence-corrected chi connectivity index (χ1v) is 7.28. The predicted octanol–water partition coefficient (Wildman–Crippen LogP) is 0.667. The first-order chi connectivity index (χ1) is 9.19. The summed E-state index contributed by atoms with van der Waals surface area (Å²) in [6.45, 7) is 5.42. The van der Waals surface area contributed by atoms with Crippen LogP contribution in [0.5, 0.6) is 0 Å². The Labute approximate surface area is 118 Å². The molecule has 1 saturated heterocycles. The number of hydrogen-bond donors (Lipinski definition) is 2. The number of carbonyl (C=O) groups excluding carboxylic acids is 2. The lowest BCUT2D eigenvalue weighted by atomic mass is 9.47. The van der Waals surface area contributed by atoms with Crippen LogP contribution in [0.25, 0.3) is 0 Å². The van der Waals surface area contributed by atoms with Crippen molar-refractivity contribution in [2.24, 2.45) is 22.7 Å². The molecule has 0 spiro atoms. The number of rotatable bonds is 0. The summed E-state index contributed by atoms with van der Waals surface area (Å²) in [6.07, 6.45) is -0.351. The van der Waals surface area contributed by atoms with Crippen molar-refractivity contribution in [2.75, 3.05) is 6.61 Å². The zero-order valence-electron chi connectivity index (χ0n) is 12.2. The Morgan fingerprint density at radius 3 is 2.55 bits per heavy atom. The second kappa shape index (κ2) is 3.83. The van der Waals surface area contributed by atoms with E-state index in [0.717, 1.165) is 0 Å². The van der Waals surface area contributed by atoms with Crippen molar-refractivity contribution in [1.29, 1.82) is 0 Å². The van der Waals surface area contributed by atoms with Gasteiger partial charge < -0.3 is 14.9 Å². The molecular weight excluding hydrogens is 260 g/mol. The highest BCUT2D eigenvalue weighted by Crippen LogP contribution is 2.67. The molecule has 0 amide bonds. The van der Waals surface area contributed by atoms with Gasteiger partial charge in [-0.15, -0.1) is 0 Å². The predicted molar refractivity (Wildman–Crippen MR) is 69.6 cm³/mol. The van der Waals surface area contributed by atoms with Crippen LogP contribution < -0.4 is 0 Å². The first kappa shape index (κ1) is 14.0. The number of esters is 1. The third-order valence-electron chi connectivity index (χ3n) is 6.55. The van der Waals surface area contributed by atoms with Gasteiger partial charge in [0.25, 0.3) is 0 Å². The van der Waals surface area contributed by atoms with Crippen molar-refractivity contribution in [1.82, 2.24) is 0 Å². The number of aliphatic hydroxyl groups excluding tert-OH is 1. The standard InChI is InChI=1S/C15H22O5/c1-8-4-11(17)15(19)13(3)7-20-12(18)6-14(8,15)5-10(16)9(13)2/h8-9,11,17,19H,4-7H2,1-3H3/t8-,9-,11+,13-,14-,15+/m1/s1. The second-order valence-electron chi connectivity index (χ2n) is 7.19. The van der Waals surface area contributed by atoms with Crippen LogP contribution in [0.15, 0.2) is 0 Å². The summed E-state index contributed by atoms with van der Waals surface area (Å²) in [7, 11) is 0. The molecule has 0 radical (unpaired) electrons. The molecular formula is C15H22O5. The Kier molecular flexibility index (Phi) is 2.68. The minimum atomic E-state index is -1.45. The van der Waals surface area contributed by atoms with E-state index < -0.39 is 28.5 Å². The lowest BCUT2D eigenvalue weighted by Crippen LogP contribution is -2.69. The van der Waals surface area contributed by atoms with Gasteiger partial charge in [0.15, 0.2) is 0 Å². The zero-order chi connectivity index (χ0) is 14.9. The summed E-state index contributed by atoms with van der Waals surface area (Å²) in [5.74, 6) is -0.859. The van der Waals surface area contributed by atoms with Gasteiger partial charge in [-0.25, -0.2) is 0 Å². The highest BCUT2D eigenvalue weighted by molar-refractivity contribution is 5.86. The fourth-order valence-electron chi connectivity index (χ4n) is 4.99. The van der Waals surface area contributed by atoms with E-state index >= 15 is 0 Å². The Morgan fingerprint density at radius 1 is 1.25 bits per heavy atom. The average molecular weight is 282 g/mol. The van der Waals surface area contributed by atoms with Crippen LogP contribution in [0.3, 0.4) is 0 Å². The lowest BCUT2D eigenvalue weighted by Gasteiger charge is -2.58. The molecule has 20 heavy (non-hydrogen) atoms. The summed E-state index contributed by atoms with van der Waals surface area (Å²) in [4.78, 5) is 24.4. The first-order valence-electron chi connectivity index (χ1n) is 7.28. The number of Topliss-reactive ketones (excluding diaryl/α,β-unsaturated/α-hetero) is 1. The van der Waals surface area contributed by atoms with Crippen LogP contribution in [-0.4, -0.2) is 40.3 Å².